The first kappa shape index (κ1) is 15.3. The second-order valence-corrected chi connectivity index (χ2v) is 6.28. The predicted octanol–water partition coefficient (Wildman–Crippen LogP) is 3.43. The molecule has 2 heterocycles. The van der Waals surface area contributed by atoms with E-state index in [1.807, 2.05) is 0 Å². The van der Waals surface area contributed by atoms with Gasteiger partial charge in [-0.15, -0.1) is 0 Å². The van der Waals surface area contributed by atoms with Crippen LogP contribution < -0.4 is 0 Å². The van der Waals surface area contributed by atoms with Crippen LogP contribution in [0.2, 0.25) is 0 Å². The molecular weight excluding hydrogens is 248 g/mol. The van der Waals surface area contributed by atoms with E-state index in [1.54, 1.807) is 0 Å². The van der Waals surface area contributed by atoms with Crippen LogP contribution in [-0.2, 0) is 6.54 Å². The zero-order chi connectivity index (χ0) is 14.9. The standard InChI is InChI=1S/C17H28N2O/c1-6-19-13(3)10-16(15(19)5)17(20)11-18-9-7-8-12(2)14(18)4/h10,12,14H,6-9,11H2,1-5H3. The summed E-state index contributed by atoms with van der Waals surface area (Å²) < 4.78 is 2.22. The first-order chi connectivity index (χ1) is 9.45. The fourth-order valence-corrected chi connectivity index (χ4v) is 3.48. The predicted molar refractivity (Wildman–Crippen MR) is 83.3 cm³/mol. The lowest BCUT2D eigenvalue weighted by Gasteiger charge is -2.37. The third-order valence-electron chi connectivity index (χ3n) is 5.04. The van der Waals surface area contributed by atoms with Crippen molar-refractivity contribution < 1.29 is 4.79 Å². The number of aryl methyl sites for hydroxylation is 1. The molecule has 2 atom stereocenters. The van der Waals surface area contributed by atoms with Gasteiger partial charge in [-0.2, -0.15) is 0 Å². The van der Waals surface area contributed by atoms with Gasteiger partial charge in [0.2, 0.25) is 0 Å². The van der Waals surface area contributed by atoms with Crippen molar-refractivity contribution in [2.45, 2.75) is 60.0 Å². The topological polar surface area (TPSA) is 25.2 Å². The zero-order valence-corrected chi connectivity index (χ0v) is 13.6. The van der Waals surface area contributed by atoms with Gasteiger partial charge in [0, 0.05) is 29.5 Å². The highest BCUT2D eigenvalue weighted by Crippen LogP contribution is 2.24. The van der Waals surface area contributed by atoms with Crippen molar-refractivity contribution in [3.63, 3.8) is 0 Å². The Hall–Kier alpha value is -1.09. The van der Waals surface area contributed by atoms with Crippen LogP contribution in [0.15, 0.2) is 6.07 Å². The summed E-state index contributed by atoms with van der Waals surface area (Å²) in [5.41, 5.74) is 3.22. The van der Waals surface area contributed by atoms with Gasteiger partial charge in [0.25, 0.3) is 0 Å². The normalized spacial score (nSPS) is 24.1. The Kier molecular flexibility index (Phi) is 4.69. The Morgan fingerprint density at radius 2 is 2.05 bits per heavy atom. The molecule has 0 bridgehead atoms. The number of carbonyl (C=O) groups is 1. The average molecular weight is 276 g/mol. The van der Waals surface area contributed by atoms with Gasteiger partial charge >= 0.3 is 0 Å². The lowest BCUT2D eigenvalue weighted by Crippen LogP contribution is -2.44. The van der Waals surface area contributed by atoms with Gasteiger partial charge in [-0.25, -0.2) is 0 Å². The molecule has 3 heteroatoms. The highest BCUT2D eigenvalue weighted by atomic mass is 16.1. The zero-order valence-electron chi connectivity index (χ0n) is 13.6. The number of hydrogen-bond donors (Lipinski definition) is 0. The number of rotatable bonds is 4. The van der Waals surface area contributed by atoms with Crippen molar-refractivity contribution in [2.24, 2.45) is 5.92 Å². The molecule has 2 unspecified atom stereocenters. The molecule has 1 fully saturated rings. The molecule has 0 amide bonds. The summed E-state index contributed by atoms with van der Waals surface area (Å²) in [7, 11) is 0. The van der Waals surface area contributed by atoms with Crippen molar-refractivity contribution in [2.75, 3.05) is 13.1 Å². The van der Waals surface area contributed by atoms with Crippen LogP contribution in [0.1, 0.15) is 55.4 Å². The van der Waals surface area contributed by atoms with Gasteiger partial charge in [-0.05, 0) is 59.1 Å². The van der Waals surface area contributed by atoms with E-state index in [1.165, 1.54) is 18.5 Å². The van der Waals surface area contributed by atoms with E-state index in [9.17, 15) is 4.79 Å². The molecule has 0 N–H and O–H groups in total. The van der Waals surface area contributed by atoms with Crippen LogP contribution in [0, 0.1) is 19.8 Å². The van der Waals surface area contributed by atoms with Gasteiger partial charge < -0.3 is 4.57 Å². The summed E-state index contributed by atoms with van der Waals surface area (Å²) >= 11 is 0. The molecule has 3 nitrogen and oxygen atoms in total. The molecule has 0 spiro atoms. The number of aromatic nitrogens is 1. The minimum atomic E-state index is 0.277. The Morgan fingerprint density at radius 3 is 2.65 bits per heavy atom. The van der Waals surface area contributed by atoms with E-state index in [0.717, 1.165) is 24.3 Å². The van der Waals surface area contributed by atoms with Crippen LogP contribution in [-0.4, -0.2) is 34.4 Å². The number of ketones is 1. The van der Waals surface area contributed by atoms with Crippen LogP contribution in [0.5, 0.6) is 0 Å². The van der Waals surface area contributed by atoms with Gasteiger partial charge in [0.05, 0.1) is 6.54 Å². The van der Waals surface area contributed by atoms with Crippen molar-refractivity contribution in [3.05, 3.63) is 23.0 Å². The second-order valence-electron chi connectivity index (χ2n) is 6.28. The summed E-state index contributed by atoms with van der Waals surface area (Å²) in [6.45, 7) is 13.4. The van der Waals surface area contributed by atoms with E-state index in [-0.39, 0.29) is 5.78 Å². The Bertz CT molecular complexity index is 489. The molecule has 1 aliphatic rings. The number of hydrogen-bond acceptors (Lipinski definition) is 2. The van der Waals surface area contributed by atoms with Crippen LogP contribution in [0.25, 0.3) is 0 Å². The maximum absolute atomic E-state index is 12.6. The van der Waals surface area contributed by atoms with Gasteiger partial charge in [-0.1, -0.05) is 6.92 Å². The fourth-order valence-electron chi connectivity index (χ4n) is 3.48. The average Bonchev–Trinajstić information content (AvgIpc) is 2.70. The van der Waals surface area contributed by atoms with Gasteiger partial charge in [0.15, 0.2) is 5.78 Å². The summed E-state index contributed by atoms with van der Waals surface area (Å²) in [5.74, 6) is 0.971. The minimum absolute atomic E-state index is 0.277. The van der Waals surface area contributed by atoms with Crippen LogP contribution >= 0.6 is 0 Å². The highest BCUT2D eigenvalue weighted by Gasteiger charge is 2.27. The summed E-state index contributed by atoms with van der Waals surface area (Å²) in [6, 6.07) is 2.57. The fraction of sp³-hybridized carbons (Fsp3) is 0.706. The number of nitrogens with zero attached hydrogens (tertiary/aromatic N) is 2. The smallest absolute Gasteiger partial charge is 0.178 e. The Morgan fingerprint density at radius 1 is 1.35 bits per heavy atom. The molecule has 1 aromatic rings. The molecule has 1 saturated heterocycles. The third-order valence-corrected chi connectivity index (χ3v) is 5.04. The number of likely N-dealkylation sites (tertiary alicyclic amines) is 1. The molecule has 0 radical (unpaired) electrons. The van der Waals surface area contributed by atoms with E-state index >= 15 is 0 Å². The largest absolute Gasteiger partial charge is 0.349 e. The third kappa shape index (κ3) is 2.83. The quantitative estimate of drug-likeness (QED) is 0.787. The molecule has 0 saturated carbocycles. The lowest BCUT2D eigenvalue weighted by atomic mass is 9.91. The van der Waals surface area contributed by atoms with Crippen molar-refractivity contribution >= 4 is 5.78 Å². The molecule has 20 heavy (non-hydrogen) atoms. The molecule has 0 aliphatic carbocycles. The minimum Gasteiger partial charge on any atom is -0.349 e. The maximum atomic E-state index is 12.6. The molecular formula is C17H28N2O. The van der Waals surface area contributed by atoms with Crippen molar-refractivity contribution in [3.8, 4) is 0 Å². The first-order valence-electron chi connectivity index (χ1n) is 7.89. The van der Waals surface area contributed by atoms with E-state index in [4.69, 9.17) is 0 Å². The Balaban J connectivity index is 2.12. The number of carbonyl (C=O) groups excluding carboxylic acids is 1. The number of Topliss-reactive ketones (excluding diaryl/α,β-unsaturated/α-hetero) is 1. The van der Waals surface area contributed by atoms with Gasteiger partial charge in [-0.3, -0.25) is 9.69 Å². The van der Waals surface area contributed by atoms with Crippen molar-refractivity contribution in [1.82, 2.24) is 9.47 Å². The van der Waals surface area contributed by atoms with Crippen LogP contribution in [0.3, 0.4) is 0 Å². The maximum Gasteiger partial charge on any atom is 0.178 e. The lowest BCUT2D eigenvalue weighted by molar-refractivity contribution is 0.0778. The van der Waals surface area contributed by atoms with Crippen molar-refractivity contribution in [1.29, 1.82) is 0 Å². The van der Waals surface area contributed by atoms with E-state index in [2.05, 4.69) is 50.2 Å². The summed E-state index contributed by atoms with van der Waals surface area (Å²) in [5, 5.41) is 0. The van der Waals surface area contributed by atoms with E-state index < -0.39 is 0 Å². The summed E-state index contributed by atoms with van der Waals surface area (Å²) in [6.07, 6.45) is 2.50. The SMILES string of the molecule is CCn1c(C)cc(C(=O)CN2CCCC(C)C2C)c1C. The molecule has 1 aliphatic heterocycles. The van der Waals surface area contributed by atoms with E-state index in [0.29, 0.717) is 18.5 Å². The monoisotopic (exact) mass is 276 g/mol. The summed E-state index contributed by atoms with van der Waals surface area (Å²) in [4.78, 5) is 15.0. The first-order valence-corrected chi connectivity index (χ1v) is 7.89. The molecule has 2 rings (SSSR count). The molecule has 112 valence electrons. The Labute approximate surface area is 123 Å². The van der Waals surface area contributed by atoms with Crippen LogP contribution in [0.4, 0.5) is 0 Å². The number of piperidine rings is 1. The highest BCUT2D eigenvalue weighted by molar-refractivity contribution is 5.99. The molecule has 1 aromatic heterocycles. The second kappa shape index (κ2) is 6.13. The molecule has 0 aromatic carbocycles. The van der Waals surface area contributed by atoms with Gasteiger partial charge in [0.1, 0.15) is 0 Å².